The second-order valence-corrected chi connectivity index (χ2v) is 2.83. The van der Waals surface area contributed by atoms with Gasteiger partial charge >= 0.3 is 0 Å². The Labute approximate surface area is 68.3 Å². The Kier molecular flexibility index (Phi) is 2.32. The number of aromatic nitrogens is 2. The van der Waals surface area contributed by atoms with Crippen LogP contribution in [0.15, 0.2) is 0 Å². The highest BCUT2D eigenvalue weighted by Crippen LogP contribution is 2.09. The zero-order valence-corrected chi connectivity index (χ0v) is 7.81. The van der Waals surface area contributed by atoms with Gasteiger partial charge in [0.25, 0.3) is 0 Å². The van der Waals surface area contributed by atoms with Crippen LogP contribution in [0, 0.1) is 6.92 Å². The lowest BCUT2D eigenvalue weighted by atomic mass is 10.3. The van der Waals surface area contributed by atoms with Crippen molar-refractivity contribution in [3.63, 3.8) is 0 Å². The molecule has 0 amide bonds. The summed E-state index contributed by atoms with van der Waals surface area (Å²) < 4.78 is 2.18. The van der Waals surface area contributed by atoms with Crippen LogP contribution in [0.2, 0.25) is 0 Å². The van der Waals surface area contributed by atoms with E-state index in [1.165, 1.54) is 17.2 Å². The molecule has 2 nitrogen and oxygen atoms in total. The van der Waals surface area contributed by atoms with Gasteiger partial charge in [-0.1, -0.05) is 13.8 Å². The smallest absolute Gasteiger partial charge is 0.108 e. The molecule has 0 atom stereocenters. The summed E-state index contributed by atoms with van der Waals surface area (Å²) in [6.45, 7) is 6.42. The molecule has 0 aliphatic carbocycles. The number of nitrogens with zero attached hydrogens (tertiary/aromatic N) is 2. The molecule has 11 heavy (non-hydrogen) atoms. The van der Waals surface area contributed by atoms with E-state index < -0.39 is 0 Å². The first-order valence-corrected chi connectivity index (χ1v) is 4.21. The van der Waals surface area contributed by atoms with E-state index in [0.717, 1.165) is 12.8 Å². The fourth-order valence-electron chi connectivity index (χ4n) is 1.35. The van der Waals surface area contributed by atoms with Crippen LogP contribution in [-0.2, 0) is 19.9 Å². The summed E-state index contributed by atoms with van der Waals surface area (Å²) in [5.41, 5.74) is 2.55. The maximum absolute atomic E-state index is 4.51. The average molecular weight is 152 g/mol. The van der Waals surface area contributed by atoms with Gasteiger partial charge in [0, 0.05) is 19.2 Å². The Morgan fingerprint density at radius 3 is 2.18 bits per heavy atom. The molecule has 0 aromatic carbocycles. The second-order valence-electron chi connectivity index (χ2n) is 2.83. The van der Waals surface area contributed by atoms with Crippen LogP contribution in [-0.4, -0.2) is 9.55 Å². The van der Waals surface area contributed by atoms with Gasteiger partial charge in [-0.15, -0.1) is 0 Å². The van der Waals surface area contributed by atoms with Gasteiger partial charge in [0.1, 0.15) is 5.82 Å². The van der Waals surface area contributed by atoms with Crippen molar-refractivity contribution in [2.24, 2.45) is 7.05 Å². The van der Waals surface area contributed by atoms with Gasteiger partial charge < -0.3 is 4.57 Å². The summed E-state index contributed by atoms with van der Waals surface area (Å²) in [5.74, 6) is 1.19. The van der Waals surface area contributed by atoms with Gasteiger partial charge in [0.15, 0.2) is 0 Å². The lowest BCUT2D eigenvalue weighted by Gasteiger charge is -1.98. The van der Waals surface area contributed by atoms with Crippen LogP contribution < -0.4 is 0 Å². The normalized spacial score (nSPS) is 10.5. The summed E-state index contributed by atoms with van der Waals surface area (Å²) in [6.07, 6.45) is 2.07. The second kappa shape index (κ2) is 3.07. The third kappa shape index (κ3) is 1.30. The first kappa shape index (κ1) is 8.31. The summed E-state index contributed by atoms with van der Waals surface area (Å²) in [6, 6.07) is 0. The molecular formula is C9H16N2. The van der Waals surface area contributed by atoms with Gasteiger partial charge in [0.05, 0.1) is 5.69 Å². The molecule has 1 aromatic rings. The van der Waals surface area contributed by atoms with Crippen molar-refractivity contribution in [2.45, 2.75) is 33.6 Å². The van der Waals surface area contributed by atoms with Crippen LogP contribution in [0.3, 0.4) is 0 Å². The molecule has 0 saturated carbocycles. The molecule has 1 heterocycles. The molecule has 0 spiro atoms. The Bertz CT molecular complexity index is 224. The molecule has 0 aliphatic heterocycles. The molecule has 0 fully saturated rings. The van der Waals surface area contributed by atoms with Crippen LogP contribution in [0.4, 0.5) is 0 Å². The summed E-state index contributed by atoms with van der Waals surface area (Å²) in [5, 5.41) is 0. The molecule has 0 radical (unpaired) electrons. The van der Waals surface area contributed by atoms with Crippen molar-refractivity contribution in [1.29, 1.82) is 0 Å². The quantitative estimate of drug-likeness (QED) is 0.632. The SMILES string of the molecule is CCc1nc(CC)n(C)c1C. The average Bonchev–Trinajstić information content (AvgIpc) is 2.30. The largest absolute Gasteiger partial charge is 0.335 e. The number of rotatable bonds is 2. The van der Waals surface area contributed by atoms with Crippen LogP contribution in [0.1, 0.15) is 31.1 Å². The number of imidazole rings is 1. The van der Waals surface area contributed by atoms with Crippen molar-refractivity contribution in [3.8, 4) is 0 Å². The predicted octanol–water partition coefficient (Wildman–Crippen LogP) is 1.85. The summed E-state index contributed by atoms with van der Waals surface area (Å²) >= 11 is 0. The molecular weight excluding hydrogens is 136 g/mol. The van der Waals surface area contributed by atoms with Crippen molar-refractivity contribution >= 4 is 0 Å². The first-order chi connectivity index (χ1) is 5.20. The minimum Gasteiger partial charge on any atom is -0.335 e. The van der Waals surface area contributed by atoms with Gasteiger partial charge in [-0.3, -0.25) is 0 Å². The Hall–Kier alpha value is -0.790. The van der Waals surface area contributed by atoms with Crippen molar-refractivity contribution in [1.82, 2.24) is 9.55 Å². The number of hydrogen-bond acceptors (Lipinski definition) is 1. The van der Waals surface area contributed by atoms with Crippen molar-refractivity contribution in [2.75, 3.05) is 0 Å². The monoisotopic (exact) mass is 152 g/mol. The highest BCUT2D eigenvalue weighted by Gasteiger charge is 2.06. The van der Waals surface area contributed by atoms with Crippen molar-refractivity contribution < 1.29 is 0 Å². The lowest BCUT2D eigenvalue weighted by molar-refractivity contribution is 0.785. The minimum atomic E-state index is 1.03. The zero-order valence-electron chi connectivity index (χ0n) is 7.81. The van der Waals surface area contributed by atoms with Gasteiger partial charge in [-0.25, -0.2) is 4.98 Å². The summed E-state index contributed by atoms with van der Waals surface area (Å²) in [4.78, 5) is 4.51. The molecule has 0 unspecified atom stereocenters. The Morgan fingerprint density at radius 1 is 1.27 bits per heavy atom. The van der Waals surface area contributed by atoms with Crippen LogP contribution in [0.5, 0.6) is 0 Å². The van der Waals surface area contributed by atoms with Crippen molar-refractivity contribution in [3.05, 3.63) is 17.2 Å². The number of aryl methyl sites for hydroxylation is 2. The highest BCUT2D eigenvalue weighted by atomic mass is 15.1. The molecule has 0 aliphatic rings. The van der Waals surface area contributed by atoms with E-state index in [1.54, 1.807) is 0 Å². The Balaban J connectivity index is 3.12. The van der Waals surface area contributed by atoms with Crippen LogP contribution in [0.25, 0.3) is 0 Å². The fourth-order valence-corrected chi connectivity index (χ4v) is 1.35. The maximum Gasteiger partial charge on any atom is 0.108 e. The van der Waals surface area contributed by atoms with E-state index in [-0.39, 0.29) is 0 Å². The molecule has 2 heteroatoms. The van der Waals surface area contributed by atoms with Gasteiger partial charge in [0.2, 0.25) is 0 Å². The lowest BCUT2D eigenvalue weighted by Crippen LogP contribution is -1.97. The molecule has 1 aromatic heterocycles. The topological polar surface area (TPSA) is 17.8 Å². The predicted molar refractivity (Wildman–Crippen MR) is 46.7 cm³/mol. The van der Waals surface area contributed by atoms with E-state index in [9.17, 15) is 0 Å². The zero-order chi connectivity index (χ0) is 8.43. The van der Waals surface area contributed by atoms with Gasteiger partial charge in [-0.2, -0.15) is 0 Å². The summed E-state index contributed by atoms with van der Waals surface area (Å²) in [7, 11) is 2.08. The van der Waals surface area contributed by atoms with Crippen LogP contribution >= 0.6 is 0 Å². The van der Waals surface area contributed by atoms with E-state index in [4.69, 9.17) is 0 Å². The molecule has 1 rings (SSSR count). The Morgan fingerprint density at radius 2 is 1.91 bits per heavy atom. The molecule has 0 N–H and O–H groups in total. The van der Waals surface area contributed by atoms with E-state index in [1.807, 2.05) is 0 Å². The van der Waals surface area contributed by atoms with Gasteiger partial charge in [-0.05, 0) is 13.3 Å². The van der Waals surface area contributed by atoms with E-state index in [0.29, 0.717) is 0 Å². The molecule has 0 saturated heterocycles. The molecule has 0 bridgehead atoms. The standard InChI is InChI=1S/C9H16N2/c1-5-8-7(3)11(4)9(6-2)10-8/h5-6H2,1-4H3. The maximum atomic E-state index is 4.51. The highest BCUT2D eigenvalue weighted by molar-refractivity contribution is 5.15. The van der Waals surface area contributed by atoms with E-state index in [2.05, 4.69) is 37.4 Å². The minimum absolute atomic E-state index is 1.03. The third-order valence-corrected chi connectivity index (χ3v) is 2.22. The molecule has 62 valence electrons. The fraction of sp³-hybridized carbons (Fsp3) is 0.667. The third-order valence-electron chi connectivity index (χ3n) is 2.22. The van der Waals surface area contributed by atoms with E-state index >= 15 is 0 Å². The first-order valence-electron chi connectivity index (χ1n) is 4.21. The number of hydrogen-bond donors (Lipinski definition) is 0.